The quantitative estimate of drug-likeness (QED) is 0.895. The van der Waals surface area contributed by atoms with E-state index in [-0.39, 0.29) is 11.8 Å². The largest absolute Gasteiger partial charge is 0.427 e. The van der Waals surface area contributed by atoms with Crippen molar-refractivity contribution in [2.75, 3.05) is 23.3 Å². The Kier molecular flexibility index (Phi) is 4.94. The fourth-order valence-corrected chi connectivity index (χ4v) is 3.50. The van der Waals surface area contributed by atoms with E-state index in [2.05, 4.69) is 15.3 Å². The molecule has 5 nitrogen and oxygen atoms in total. The molecule has 1 unspecified atom stereocenters. The average Bonchev–Trinajstić information content (AvgIpc) is 3.07. The molecule has 0 bridgehead atoms. The van der Waals surface area contributed by atoms with Gasteiger partial charge in [0.15, 0.2) is 5.13 Å². The molecule has 25 heavy (non-hydrogen) atoms. The fraction of sp³-hybridized carbons (Fsp3) is 0.438. The first-order valence-electron chi connectivity index (χ1n) is 7.84. The number of rotatable bonds is 3. The second kappa shape index (κ2) is 6.99. The fourth-order valence-electron chi connectivity index (χ4n) is 2.68. The summed E-state index contributed by atoms with van der Waals surface area (Å²) in [5.41, 5.74) is 0.992. The monoisotopic (exact) mass is 370 g/mol. The molecule has 2 aromatic rings. The van der Waals surface area contributed by atoms with Crippen molar-refractivity contribution in [1.82, 2.24) is 9.97 Å². The van der Waals surface area contributed by atoms with E-state index in [4.69, 9.17) is 0 Å². The summed E-state index contributed by atoms with van der Waals surface area (Å²) in [5, 5.41) is 3.07. The summed E-state index contributed by atoms with van der Waals surface area (Å²) < 4.78 is 38.2. The van der Waals surface area contributed by atoms with E-state index in [0.717, 1.165) is 18.2 Å². The predicted octanol–water partition coefficient (Wildman–Crippen LogP) is 3.72. The molecule has 134 valence electrons. The Morgan fingerprint density at radius 1 is 1.32 bits per heavy atom. The Balaban J connectivity index is 1.65. The van der Waals surface area contributed by atoms with E-state index in [1.54, 1.807) is 17.2 Å². The Morgan fingerprint density at radius 3 is 2.76 bits per heavy atom. The minimum atomic E-state index is -4.39. The average molecular weight is 370 g/mol. The van der Waals surface area contributed by atoms with Gasteiger partial charge in [0, 0.05) is 19.3 Å². The molecular weight excluding hydrogens is 353 g/mol. The minimum Gasteiger partial charge on any atom is -0.347 e. The first kappa shape index (κ1) is 17.7. The molecule has 1 aliphatic rings. The normalized spacial score (nSPS) is 18.2. The zero-order chi connectivity index (χ0) is 18.0. The summed E-state index contributed by atoms with van der Waals surface area (Å²) in [7, 11) is 0. The highest BCUT2D eigenvalue weighted by Crippen LogP contribution is 2.37. The second-order valence-corrected chi connectivity index (χ2v) is 7.01. The Labute approximate surface area is 146 Å². The predicted molar refractivity (Wildman–Crippen MR) is 89.7 cm³/mol. The van der Waals surface area contributed by atoms with Gasteiger partial charge in [-0.2, -0.15) is 13.2 Å². The van der Waals surface area contributed by atoms with E-state index in [1.165, 1.54) is 0 Å². The summed E-state index contributed by atoms with van der Waals surface area (Å²) in [5.74, 6) is -0.00919. The lowest BCUT2D eigenvalue weighted by molar-refractivity contribution is -0.134. The third-order valence-corrected chi connectivity index (χ3v) is 5.10. The van der Waals surface area contributed by atoms with Crippen LogP contribution in [0.5, 0.6) is 0 Å². The minimum absolute atomic E-state index is 0.173. The summed E-state index contributed by atoms with van der Waals surface area (Å²) in [6, 6.07) is 3.58. The zero-order valence-electron chi connectivity index (χ0n) is 13.5. The number of thiazole rings is 1. The summed E-state index contributed by atoms with van der Waals surface area (Å²) >= 11 is 0.611. The van der Waals surface area contributed by atoms with Gasteiger partial charge >= 0.3 is 6.18 Å². The Bertz CT molecular complexity index is 745. The smallest absolute Gasteiger partial charge is 0.347 e. The number of halogens is 3. The molecule has 1 N–H and O–H groups in total. The van der Waals surface area contributed by atoms with Gasteiger partial charge < -0.3 is 10.2 Å². The molecule has 1 atom stereocenters. The Morgan fingerprint density at radius 2 is 2.12 bits per heavy atom. The first-order valence-corrected chi connectivity index (χ1v) is 8.66. The van der Waals surface area contributed by atoms with Gasteiger partial charge in [-0.1, -0.05) is 17.4 Å². The van der Waals surface area contributed by atoms with Gasteiger partial charge in [0.05, 0.1) is 12.1 Å². The number of nitrogens with one attached hydrogen (secondary N) is 1. The van der Waals surface area contributed by atoms with Crippen molar-refractivity contribution < 1.29 is 18.0 Å². The van der Waals surface area contributed by atoms with Gasteiger partial charge in [0.25, 0.3) is 0 Å². The van der Waals surface area contributed by atoms with Crippen LogP contribution in [0.2, 0.25) is 0 Å². The van der Waals surface area contributed by atoms with Crippen LogP contribution < -0.4 is 10.2 Å². The van der Waals surface area contributed by atoms with Gasteiger partial charge in [-0.15, -0.1) is 0 Å². The maximum Gasteiger partial charge on any atom is 0.427 e. The van der Waals surface area contributed by atoms with E-state index in [1.807, 2.05) is 13.0 Å². The molecule has 2 aromatic heterocycles. The third-order valence-electron chi connectivity index (χ3n) is 4.00. The van der Waals surface area contributed by atoms with E-state index < -0.39 is 11.1 Å². The zero-order valence-corrected chi connectivity index (χ0v) is 14.3. The lowest BCUT2D eigenvalue weighted by atomic mass is 9.97. The van der Waals surface area contributed by atoms with E-state index in [0.29, 0.717) is 41.8 Å². The highest BCUT2D eigenvalue weighted by Gasteiger charge is 2.35. The van der Waals surface area contributed by atoms with Gasteiger partial charge in [-0.05, 0) is 31.4 Å². The second-order valence-electron chi connectivity index (χ2n) is 6.00. The molecule has 0 aliphatic carbocycles. The maximum atomic E-state index is 12.7. The van der Waals surface area contributed by atoms with Crippen molar-refractivity contribution in [1.29, 1.82) is 0 Å². The molecule has 9 heteroatoms. The van der Waals surface area contributed by atoms with E-state index >= 15 is 0 Å². The SMILES string of the molecule is Cc1ccc(NC(=O)C2CCCN(c3ncc(C(F)(F)F)s3)C2)nc1. The number of pyridine rings is 1. The number of hydrogen-bond donors (Lipinski definition) is 1. The number of alkyl halides is 3. The lowest BCUT2D eigenvalue weighted by Crippen LogP contribution is -2.40. The number of amides is 1. The Hall–Kier alpha value is -2.16. The molecular formula is C16H17F3N4OS. The maximum absolute atomic E-state index is 12.7. The van der Waals surface area contributed by atoms with Crippen LogP contribution in [0, 0.1) is 12.8 Å². The molecule has 1 amide bonds. The standard InChI is InChI=1S/C16H17F3N4OS/c1-10-4-5-13(20-7-10)22-14(24)11-3-2-6-23(9-11)15-21-8-12(25-15)16(17,18)19/h4-5,7-8,11H,2-3,6,9H2,1H3,(H,20,22,24). The molecule has 0 radical (unpaired) electrons. The number of nitrogens with zero attached hydrogens (tertiary/aromatic N) is 3. The topological polar surface area (TPSA) is 58.1 Å². The van der Waals surface area contributed by atoms with Crippen molar-refractivity contribution in [3.8, 4) is 0 Å². The number of piperidine rings is 1. The van der Waals surface area contributed by atoms with Gasteiger partial charge in [-0.25, -0.2) is 9.97 Å². The van der Waals surface area contributed by atoms with Crippen molar-refractivity contribution in [3.05, 3.63) is 35.0 Å². The van der Waals surface area contributed by atoms with Crippen LogP contribution in [0.1, 0.15) is 23.3 Å². The molecule has 0 spiro atoms. The van der Waals surface area contributed by atoms with Crippen LogP contribution in [-0.4, -0.2) is 29.0 Å². The van der Waals surface area contributed by atoms with Crippen LogP contribution in [-0.2, 0) is 11.0 Å². The molecule has 1 fully saturated rings. The van der Waals surface area contributed by atoms with Gasteiger partial charge in [0.1, 0.15) is 10.7 Å². The summed E-state index contributed by atoms with van der Waals surface area (Å²) in [6.07, 6.45) is -0.470. The van der Waals surface area contributed by atoms with Gasteiger partial charge in [0.2, 0.25) is 5.91 Å². The van der Waals surface area contributed by atoms with Crippen molar-refractivity contribution >= 4 is 28.2 Å². The number of carbonyl (C=O) groups is 1. The molecule has 1 aliphatic heterocycles. The van der Waals surface area contributed by atoms with Crippen molar-refractivity contribution in [2.45, 2.75) is 25.9 Å². The molecule has 0 saturated carbocycles. The third kappa shape index (κ3) is 4.28. The van der Waals surface area contributed by atoms with Crippen LogP contribution in [0.4, 0.5) is 24.1 Å². The number of aromatic nitrogens is 2. The van der Waals surface area contributed by atoms with Crippen molar-refractivity contribution in [2.24, 2.45) is 5.92 Å². The molecule has 3 heterocycles. The number of aryl methyl sites for hydroxylation is 1. The van der Waals surface area contributed by atoms with Crippen LogP contribution >= 0.6 is 11.3 Å². The number of anilines is 2. The molecule has 3 rings (SSSR count). The lowest BCUT2D eigenvalue weighted by Gasteiger charge is -2.31. The molecule has 0 aromatic carbocycles. The molecule has 1 saturated heterocycles. The van der Waals surface area contributed by atoms with E-state index in [9.17, 15) is 18.0 Å². The highest BCUT2D eigenvalue weighted by molar-refractivity contribution is 7.15. The highest BCUT2D eigenvalue weighted by atomic mass is 32.1. The summed E-state index contributed by atoms with van der Waals surface area (Å²) in [6.45, 7) is 2.85. The summed E-state index contributed by atoms with van der Waals surface area (Å²) in [4.78, 5) is 21.5. The van der Waals surface area contributed by atoms with Gasteiger partial charge in [-0.3, -0.25) is 4.79 Å². The van der Waals surface area contributed by atoms with Crippen molar-refractivity contribution in [3.63, 3.8) is 0 Å². The van der Waals surface area contributed by atoms with Crippen LogP contribution in [0.3, 0.4) is 0 Å². The number of hydrogen-bond acceptors (Lipinski definition) is 5. The van der Waals surface area contributed by atoms with Crippen LogP contribution in [0.15, 0.2) is 24.5 Å². The number of carbonyl (C=O) groups excluding carboxylic acids is 1. The van der Waals surface area contributed by atoms with Crippen LogP contribution in [0.25, 0.3) is 0 Å². The first-order chi connectivity index (χ1) is 11.8.